The van der Waals surface area contributed by atoms with Gasteiger partial charge >= 0.3 is 0 Å². The normalized spacial score (nSPS) is 20.1. The number of amides is 3. The standard InChI is InChI=1S/C12H15BrN4O3/c1-6-2-8(6)11(19)15-5-10(18)16-17-12(20)9-3-7(13)4-14-9/h3-4,6,8,14H,2,5H2,1H3,(H,15,19)(H,16,18)(H,17,20)/t6-,8-/m1/s1. The van der Waals surface area contributed by atoms with Gasteiger partial charge in [0.15, 0.2) is 0 Å². The molecule has 2 atom stereocenters. The fourth-order valence-electron chi connectivity index (χ4n) is 1.72. The first-order valence-electron chi connectivity index (χ1n) is 6.18. The van der Waals surface area contributed by atoms with Gasteiger partial charge in [-0.3, -0.25) is 25.2 Å². The first-order chi connectivity index (χ1) is 9.47. The minimum Gasteiger partial charge on any atom is -0.356 e. The van der Waals surface area contributed by atoms with Gasteiger partial charge in [0.2, 0.25) is 5.91 Å². The van der Waals surface area contributed by atoms with E-state index >= 15 is 0 Å². The highest BCUT2D eigenvalue weighted by Crippen LogP contribution is 2.37. The van der Waals surface area contributed by atoms with Crippen molar-refractivity contribution >= 4 is 33.7 Å². The predicted octanol–water partition coefficient (Wildman–Crippen LogP) is 0.310. The van der Waals surface area contributed by atoms with Crippen LogP contribution in [0.2, 0.25) is 0 Å². The molecule has 8 heteroatoms. The second kappa shape index (κ2) is 6.08. The largest absolute Gasteiger partial charge is 0.356 e. The van der Waals surface area contributed by atoms with Crippen LogP contribution in [0.3, 0.4) is 0 Å². The quantitative estimate of drug-likeness (QED) is 0.592. The Morgan fingerprint density at radius 3 is 2.65 bits per heavy atom. The Hall–Kier alpha value is -1.83. The number of hydrogen-bond acceptors (Lipinski definition) is 3. The predicted molar refractivity (Wildman–Crippen MR) is 74.4 cm³/mol. The van der Waals surface area contributed by atoms with Crippen LogP contribution in [0.1, 0.15) is 23.8 Å². The second-order valence-electron chi connectivity index (χ2n) is 4.77. The summed E-state index contributed by atoms with van der Waals surface area (Å²) in [5, 5.41) is 2.52. The molecule has 1 aliphatic carbocycles. The summed E-state index contributed by atoms with van der Waals surface area (Å²) in [6.45, 7) is 1.83. The third-order valence-corrected chi connectivity index (χ3v) is 3.54. The molecule has 0 spiro atoms. The van der Waals surface area contributed by atoms with Crippen molar-refractivity contribution in [1.29, 1.82) is 0 Å². The number of aromatic amines is 1. The van der Waals surface area contributed by atoms with E-state index < -0.39 is 11.8 Å². The molecular weight excluding hydrogens is 328 g/mol. The van der Waals surface area contributed by atoms with Crippen LogP contribution in [0.5, 0.6) is 0 Å². The van der Waals surface area contributed by atoms with Gasteiger partial charge in [-0.15, -0.1) is 0 Å². The average molecular weight is 343 g/mol. The van der Waals surface area contributed by atoms with Crippen LogP contribution < -0.4 is 16.2 Å². The Kier molecular flexibility index (Phi) is 4.43. The first kappa shape index (κ1) is 14.6. The molecule has 1 saturated carbocycles. The zero-order valence-electron chi connectivity index (χ0n) is 10.8. The fraction of sp³-hybridized carbons (Fsp3) is 0.417. The minimum atomic E-state index is -0.481. The van der Waals surface area contributed by atoms with Crippen molar-refractivity contribution in [2.75, 3.05) is 6.54 Å². The Morgan fingerprint density at radius 1 is 1.40 bits per heavy atom. The van der Waals surface area contributed by atoms with E-state index in [1.165, 1.54) is 0 Å². The maximum Gasteiger partial charge on any atom is 0.286 e. The highest BCUT2D eigenvalue weighted by atomic mass is 79.9. The summed E-state index contributed by atoms with van der Waals surface area (Å²) in [6.07, 6.45) is 2.47. The molecule has 20 heavy (non-hydrogen) atoms. The van der Waals surface area contributed by atoms with Gasteiger partial charge in [0, 0.05) is 16.6 Å². The van der Waals surface area contributed by atoms with E-state index in [4.69, 9.17) is 0 Å². The van der Waals surface area contributed by atoms with Crippen LogP contribution in [0.4, 0.5) is 0 Å². The molecule has 2 rings (SSSR count). The van der Waals surface area contributed by atoms with E-state index in [9.17, 15) is 14.4 Å². The summed E-state index contributed by atoms with van der Waals surface area (Å²) in [4.78, 5) is 37.3. The highest BCUT2D eigenvalue weighted by molar-refractivity contribution is 9.10. The van der Waals surface area contributed by atoms with Crippen molar-refractivity contribution in [3.8, 4) is 0 Å². The second-order valence-corrected chi connectivity index (χ2v) is 5.69. The Bertz CT molecular complexity index is 543. The lowest BCUT2D eigenvalue weighted by Crippen LogP contribution is -2.46. The zero-order valence-corrected chi connectivity index (χ0v) is 12.4. The number of hydrogen-bond donors (Lipinski definition) is 4. The summed E-state index contributed by atoms with van der Waals surface area (Å²) in [5.74, 6) is -0.651. The summed E-state index contributed by atoms with van der Waals surface area (Å²) < 4.78 is 0.736. The summed E-state index contributed by atoms with van der Waals surface area (Å²) in [6, 6.07) is 1.58. The average Bonchev–Trinajstić information content (AvgIpc) is 2.98. The molecule has 0 saturated heterocycles. The van der Waals surface area contributed by atoms with Crippen molar-refractivity contribution in [3.05, 3.63) is 22.4 Å². The van der Waals surface area contributed by atoms with Crippen LogP contribution in [-0.4, -0.2) is 29.3 Å². The molecule has 1 aliphatic rings. The van der Waals surface area contributed by atoms with E-state index in [1.807, 2.05) is 6.92 Å². The van der Waals surface area contributed by atoms with Gasteiger partial charge in [-0.05, 0) is 34.3 Å². The van der Waals surface area contributed by atoms with E-state index in [-0.39, 0.29) is 18.4 Å². The van der Waals surface area contributed by atoms with Crippen molar-refractivity contribution in [2.45, 2.75) is 13.3 Å². The fourth-order valence-corrected chi connectivity index (χ4v) is 2.07. The number of aromatic nitrogens is 1. The van der Waals surface area contributed by atoms with Crippen LogP contribution in [0.15, 0.2) is 16.7 Å². The number of hydrazine groups is 1. The van der Waals surface area contributed by atoms with Crippen LogP contribution in [-0.2, 0) is 9.59 Å². The number of carbonyl (C=O) groups is 3. The van der Waals surface area contributed by atoms with Crippen molar-refractivity contribution in [1.82, 2.24) is 21.2 Å². The summed E-state index contributed by atoms with van der Waals surface area (Å²) in [5.41, 5.74) is 4.79. The summed E-state index contributed by atoms with van der Waals surface area (Å²) >= 11 is 3.20. The monoisotopic (exact) mass is 342 g/mol. The lowest BCUT2D eigenvalue weighted by atomic mass is 10.3. The number of halogens is 1. The Morgan fingerprint density at radius 2 is 2.10 bits per heavy atom. The highest BCUT2D eigenvalue weighted by Gasteiger charge is 2.38. The van der Waals surface area contributed by atoms with Crippen molar-refractivity contribution < 1.29 is 14.4 Å². The molecular formula is C12H15BrN4O3. The van der Waals surface area contributed by atoms with Gasteiger partial charge in [0.05, 0.1) is 6.54 Å². The van der Waals surface area contributed by atoms with E-state index in [2.05, 4.69) is 37.1 Å². The first-order valence-corrected chi connectivity index (χ1v) is 6.97. The molecule has 1 aromatic rings. The third kappa shape index (κ3) is 3.83. The third-order valence-electron chi connectivity index (χ3n) is 3.08. The van der Waals surface area contributed by atoms with Gasteiger partial charge in [-0.2, -0.15) is 0 Å². The van der Waals surface area contributed by atoms with Crippen molar-refractivity contribution in [2.24, 2.45) is 11.8 Å². The van der Waals surface area contributed by atoms with Gasteiger partial charge in [0.25, 0.3) is 11.8 Å². The SMILES string of the molecule is C[C@@H]1C[C@H]1C(=O)NCC(=O)NNC(=O)c1cc(Br)c[nH]1. The lowest BCUT2D eigenvalue weighted by molar-refractivity contribution is -0.127. The molecule has 0 aromatic carbocycles. The molecule has 0 unspecified atom stereocenters. The maximum absolute atomic E-state index is 11.6. The molecule has 4 N–H and O–H groups in total. The number of H-pyrrole nitrogens is 1. The smallest absolute Gasteiger partial charge is 0.286 e. The molecule has 3 amide bonds. The Balaban J connectivity index is 1.67. The number of nitrogens with one attached hydrogen (secondary N) is 4. The maximum atomic E-state index is 11.6. The summed E-state index contributed by atoms with van der Waals surface area (Å²) in [7, 11) is 0. The minimum absolute atomic E-state index is 0.0219. The molecule has 1 heterocycles. The number of carbonyl (C=O) groups excluding carboxylic acids is 3. The van der Waals surface area contributed by atoms with Gasteiger partial charge in [-0.1, -0.05) is 6.92 Å². The van der Waals surface area contributed by atoms with E-state index in [0.717, 1.165) is 10.9 Å². The molecule has 0 radical (unpaired) electrons. The zero-order chi connectivity index (χ0) is 14.7. The molecule has 0 aliphatic heterocycles. The van der Waals surface area contributed by atoms with Crippen molar-refractivity contribution in [3.63, 3.8) is 0 Å². The molecule has 108 valence electrons. The van der Waals surface area contributed by atoms with E-state index in [0.29, 0.717) is 11.6 Å². The van der Waals surface area contributed by atoms with Crippen LogP contribution in [0.25, 0.3) is 0 Å². The lowest BCUT2D eigenvalue weighted by Gasteiger charge is -2.07. The van der Waals surface area contributed by atoms with Gasteiger partial charge < -0.3 is 10.3 Å². The molecule has 1 fully saturated rings. The molecule has 1 aromatic heterocycles. The van der Waals surface area contributed by atoms with Gasteiger partial charge in [-0.25, -0.2) is 0 Å². The topological polar surface area (TPSA) is 103 Å². The molecule has 7 nitrogen and oxygen atoms in total. The van der Waals surface area contributed by atoms with Crippen LogP contribution in [0, 0.1) is 11.8 Å². The van der Waals surface area contributed by atoms with Crippen LogP contribution >= 0.6 is 15.9 Å². The van der Waals surface area contributed by atoms with E-state index in [1.54, 1.807) is 12.3 Å². The molecule has 0 bridgehead atoms. The Labute approximate surface area is 124 Å². The number of rotatable bonds is 4. The van der Waals surface area contributed by atoms with Gasteiger partial charge in [0.1, 0.15) is 5.69 Å².